The molecule has 7 heteroatoms. The molecule has 2 unspecified atom stereocenters. The van der Waals surface area contributed by atoms with E-state index in [1.807, 2.05) is 24.5 Å². The molecule has 0 fully saturated rings. The van der Waals surface area contributed by atoms with Crippen LogP contribution in [0.4, 0.5) is 34.4 Å². The van der Waals surface area contributed by atoms with Crippen molar-refractivity contribution < 1.29 is 0 Å². The van der Waals surface area contributed by atoms with Crippen molar-refractivity contribution in [3.05, 3.63) is 144 Å². The van der Waals surface area contributed by atoms with Gasteiger partial charge in [0.2, 0.25) is 0 Å². The quantitative estimate of drug-likeness (QED) is 0.181. The minimum Gasteiger partial charge on any atom is -0.345 e. The highest BCUT2D eigenvalue weighted by Crippen LogP contribution is 2.52. The van der Waals surface area contributed by atoms with Crippen LogP contribution in [0.5, 0.6) is 0 Å². The van der Waals surface area contributed by atoms with Gasteiger partial charge in [0.05, 0.1) is 11.4 Å². The number of rotatable bonds is 4. The van der Waals surface area contributed by atoms with E-state index < -0.39 is 0 Å². The van der Waals surface area contributed by atoms with Gasteiger partial charge in [-0.1, -0.05) is 72.8 Å². The van der Waals surface area contributed by atoms with Crippen molar-refractivity contribution in [2.45, 2.75) is 78.8 Å². The number of halogens is 1. The highest BCUT2D eigenvalue weighted by atomic mass is 35.5. The van der Waals surface area contributed by atoms with E-state index in [2.05, 4.69) is 158 Å². The fourth-order valence-electron chi connectivity index (χ4n) is 9.02. The molecule has 4 aromatic carbocycles. The predicted molar refractivity (Wildman–Crippen MR) is 223 cm³/mol. The van der Waals surface area contributed by atoms with Crippen LogP contribution in [0.15, 0.2) is 122 Å². The van der Waals surface area contributed by atoms with Crippen molar-refractivity contribution in [1.82, 2.24) is 9.97 Å². The van der Waals surface area contributed by atoms with Gasteiger partial charge in [-0.25, -0.2) is 9.97 Å². The molecule has 0 spiro atoms. The van der Waals surface area contributed by atoms with E-state index in [0.29, 0.717) is 24.4 Å². The standard InChI is InChI=1S/2C23H23N3.ClH/c2*1-15(2)25-20-9-6-12-24-23(20)26-21-13-17(10-11-18(21)14-22(25)26)19-8-5-4-7-16(19)3;/h2*4-13,15,22H,14H2,1-3H3;1H. The number of aromatic nitrogens is 2. The summed E-state index contributed by atoms with van der Waals surface area (Å²) in [6.45, 7) is 13.4. The first-order valence-corrected chi connectivity index (χ1v) is 18.7. The molecule has 4 aliphatic rings. The Labute approximate surface area is 320 Å². The summed E-state index contributed by atoms with van der Waals surface area (Å²) in [5.74, 6) is 2.18. The van der Waals surface area contributed by atoms with Gasteiger partial charge in [0.25, 0.3) is 0 Å². The second-order valence-corrected chi connectivity index (χ2v) is 15.1. The van der Waals surface area contributed by atoms with E-state index in [4.69, 9.17) is 9.97 Å². The van der Waals surface area contributed by atoms with Crippen molar-refractivity contribution in [3.8, 4) is 22.3 Å². The average Bonchev–Trinajstić information content (AvgIpc) is 3.88. The molecular weight excluding hydrogens is 672 g/mol. The summed E-state index contributed by atoms with van der Waals surface area (Å²) in [7, 11) is 0. The summed E-state index contributed by atoms with van der Waals surface area (Å²) >= 11 is 0. The Kier molecular flexibility index (Phi) is 8.90. The number of aryl methyl sites for hydroxylation is 2. The lowest BCUT2D eigenvalue weighted by Crippen LogP contribution is -2.43. The Balaban J connectivity index is 0.000000148. The maximum absolute atomic E-state index is 4.74. The van der Waals surface area contributed by atoms with Gasteiger partial charge in [0.1, 0.15) is 12.3 Å². The molecule has 6 heterocycles. The van der Waals surface area contributed by atoms with Crippen LogP contribution < -0.4 is 19.6 Å². The van der Waals surface area contributed by atoms with Gasteiger partial charge < -0.3 is 19.6 Å². The summed E-state index contributed by atoms with van der Waals surface area (Å²) < 4.78 is 0. The highest BCUT2D eigenvalue weighted by molar-refractivity contribution is 5.88. The molecule has 10 rings (SSSR count). The fraction of sp³-hybridized carbons (Fsp3) is 0.261. The number of benzene rings is 4. The zero-order chi connectivity index (χ0) is 35.7. The topological polar surface area (TPSA) is 38.7 Å². The number of anilines is 6. The van der Waals surface area contributed by atoms with Crippen molar-refractivity contribution >= 4 is 46.8 Å². The molecule has 0 N–H and O–H groups in total. The minimum absolute atomic E-state index is 0. The van der Waals surface area contributed by atoms with Gasteiger partial charge >= 0.3 is 0 Å². The lowest BCUT2D eigenvalue weighted by atomic mass is 9.98. The summed E-state index contributed by atoms with van der Waals surface area (Å²) in [6.07, 6.45) is 6.56. The van der Waals surface area contributed by atoms with Gasteiger partial charge in [-0.05, 0) is 122 Å². The Morgan fingerprint density at radius 2 is 0.925 bits per heavy atom. The molecule has 268 valence electrons. The molecule has 2 atom stereocenters. The van der Waals surface area contributed by atoms with Crippen molar-refractivity contribution in [3.63, 3.8) is 0 Å². The molecule has 0 bridgehead atoms. The molecule has 4 aliphatic heterocycles. The van der Waals surface area contributed by atoms with Crippen molar-refractivity contribution in [2.24, 2.45) is 0 Å². The molecule has 53 heavy (non-hydrogen) atoms. The van der Waals surface area contributed by atoms with Crippen molar-refractivity contribution in [1.29, 1.82) is 0 Å². The fourth-order valence-corrected chi connectivity index (χ4v) is 9.02. The van der Waals surface area contributed by atoms with Gasteiger partial charge in [-0.2, -0.15) is 0 Å². The van der Waals surface area contributed by atoms with Gasteiger partial charge in [-0.15, -0.1) is 12.4 Å². The third kappa shape index (κ3) is 5.62. The van der Waals surface area contributed by atoms with Crippen LogP contribution in [0.25, 0.3) is 22.3 Å². The van der Waals surface area contributed by atoms with E-state index in [0.717, 1.165) is 24.5 Å². The van der Waals surface area contributed by atoms with E-state index in [1.54, 1.807) is 0 Å². The van der Waals surface area contributed by atoms with Crippen LogP contribution in [0.2, 0.25) is 0 Å². The first-order valence-electron chi connectivity index (χ1n) is 18.7. The predicted octanol–water partition coefficient (Wildman–Crippen LogP) is 11.0. The maximum Gasteiger partial charge on any atom is 0.158 e. The normalized spacial score (nSPS) is 17.1. The largest absolute Gasteiger partial charge is 0.345 e. The van der Waals surface area contributed by atoms with Crippen LogP contribution in [0, 0.1) is 13.8 Å². The summed E-state index contributed by atoms with van der Waals surface area (Å²) in [6, 6.07) is 40.4. The van der Waals surface area contributed by atoms with Crippen LogP contribution in [0.1, 0.15) is 49.9 Å². The molecule has 0 aliphatic carbocycles. The number of nitrogens with zero attached hydrogens (tertiary/aromatic N) is 6. The molecule has 0 radical (unpaired) electrons. The molecule has 2 aromatic heterocycles. The SMILES string of the molecule is Cc1ccccc1-c1ccc2c(c1)N1c3ncccc3N(C(C)C)C1C2.Cc1ccccc1-c1ccc2c(c1)N1c3ncccc3N(C(C)C)C1C2.Cl. The van der Waals surface area contributed by atoms with E-state index >= 15 is 0 Å². The minimum atomic E-state index is 0. The van der Waals surface area contributed by atoms with Crippen LogP contribution in [0.3, 0.4) is 0 Å². The molecular formula is C46H47ClN6. The average molecular weight is 719 g/mol. The molecule has 0 amide bonds. The monoisotopic (exact) mass is 718 g/mol. The number of fused-ring (bicyclic) bond motifs is 10. The van der Waals surface area contributed by atoms with E-state index in [9.17, 15) is 0 Å². The van der Waals surface area contributed by atoms with Crippen molar-refractivity contribution in [2.75, 3.05) is 19.6 Å². The van der Waals surface area contributed by atoms with Crippen LogP contribution >= 0.6 is 12.4 Å². The summed E-state index contributed by atoms with van der Waals surface area (Å²) in [5.41, 5.74) is 15.7. The Hall–Kier alpha value is -5.33. The smallest absolute Gasteiger partial charge is 0.158 e. The number of hydrogen-bond donors (Lipinski definition) is 0. The highest BCUT2D eigenvalue weighted by Gasteiger charge is 2.45. The first-order chi connectivity index (χ1) is 25.3. The molecule has 6 aromatic rings. The zero-order valence-corrected chi connectivity index (χ0v) is 32.2. The third-order valence-electron chi connectivity index (χ3n) is 11.3. The van der Waals surface area contributed by atoms with E-state index in [1.165, 1.54) is 67.3 Å². The maximum atomic E-state index is 4.74. The molecule has 6 nitrogen and oxygen atoms in total. The Morgan fingerprint density at radius 3 is 1.32 bits per heavy atom. The first kappa shape index (κ1) is 34.7. The van der Waals surface area contributed by atoms with Gasteiger partial charge in [-0.3, -0.25) is 0 Å². The number of pyridine rings is 2. The zero-order valence-electron chi connectivity index (χ0n) is 31.4. The third-order valence-corrected chi connectivity index (χ3v) is 11.3. The number of hydrogen-bond acceptors (Lipinski definition) is 6. The van der Waals surface area contributed by atoms with Crippen LogP contribution in [-0.2, 0) is 12.8 Å². The summed E-state index contributed by atoms with van der Waals surface area (Å²) in [5, 5.41) is 0. The summed E-state index contributed by atoms with van der Waals surface area (Å²) in [4.78, 5) is 19.4. The van der Waals surface area contributed by atoms with E-state index in [-0.39, 0.29) is 12.4 Å². The second-order valence-electron chi connectivity index (χ2n) is 15.1. The van der Waals surface area contributed by atoms with Gasteiger partial charge in [0, 0.05) is 48.7 Å². The van der Waals surface area contributed by atoms with Crippen LogP contribution in [-0.4, -0.2) is 34.4 Å². The second kappa shape index (κ2) is 13.6. The molecule has 0 saturated carbocycles. The molecule has 0 saturated heterocycles. The lowest BCUT2D eigenvalue weighted by Gasteiger charge is -2.30. The Morgan fingerprint density at radius 1 is 0.509 bits per heavy atom. The lowest BCUT2D eigenvalue weighted by molar-refractivity contribution is 0.589. The Bertz CT molecular complexity index is 2150. The van der Waals surface area contributed by atoms with Gasteiger partial charge in [0.15, 0.2) is 11.6 Å².